The molecule has 0 bridgehead atoms. The van der Waals surface area contributed by atoms with Gasteiger partial charge in [0.1, 0.15) is 5.69 Å². The molecule has 13 heteroatoms. The number of rotatable bonds is 6. The highest BCUT2D eigenvalue weighted by Crippen LogP contribution is 2.41. The Kier molecular flexibility index (Phi) is 6.35. The van der Waals surface area contributed by atoms with E-state index < -0.39 is 12.1 Å². The molecule has 34 heavy (non-hydrogen) atoms. The van der Waals surface area contributed by atoms with Gasteiger partial charge in [-0.3, -0.25) is 9.89 Å². The number of carbonyl (C=O) groups excluding carboxylic acids is 1. The molecule has 1 fully saturated rings. The van der Waals surface area contributed by atoms with E-state index in [2.05, 4.69) is 20.4 Å². The lowest BCUT2D eigenvalue weighted by Crippen LogP contribution is -2.38. The van der Waals surface area contributed by atoms with Gasteiger partial charge in [-0.05, 0) is 31.0 Å². The van der Waals surface area contributed by atoms with Crippen molar-refractivity contribution in [1.82, 2.24) is 25.3 Å². The lowest BCUT2D eigenvalue weighted by molar-refractivity contribution is -0.157. The van der Waals surface area contributed by atoms with Gasteiger partial charge >= 0.3 is 12.1 Å². The van der Waals surface area contributed by atoms with Gasteiger partial charge in [-0.15, -0.1) is 10.2 Å². The van der Waals surface area contributed by atoms with Crippen LogP contribution in [-0.2, 0) is 6.18 Å². The lowest BCUT2D eigenvalue weighted by atomic mass is 9.96. The molecule has 1 aliphatic heterocycles. The fourth-order valence-corrected chi connectivity index (χ4v) is 3.82. The number of hydrogen-bond acceptors (Lipinski definition) is 8. The zero-order valence-electron chi connectivity index (χ0n) is 18.6. The standard InChI is InChI=1S/C21H22F3N5O5/c1-31-15-8-12(9-16(32-2)17(15)33-3)13-10-14(26-25-13)19(30)29-6-4-11(5-7-29)18-27-28-20(34-18)21(22,23)24/h8-11H,4-7H2,1-3H3,(H,25,26). The minimum absolute atomic E-state index is 0.0642. The first-order valence-electron chi connectivity index (χ1n) is 10.3. The van der Waals surface area contributed by atoms with Crippen molar-refractivity contribution in [3.05, 3.63) is 35.7 Å². The number of benzene rings is 1. The molecule has 3 heterocycles. The molecule has 0 unspecified atom stereocenters. The van der Waals surface area contributed by atoms with Gasteiger partial charge in [0, 0.05) is 24.6 Å². The van der Waals surface area contributed by atoms with Gasteiger partial charge in [0.05, 0.1) is 27.0 Å². The summed E-state index contributed by atoms with van der Waals surface area (Å²) < 4.78 is 58.9. The second kappa shape index (κ2) is 9.23. The van der Waals surface area contributed by atoms with Gasteiger partial charge < -0.3 is 23.5 Å². The van der Waals surface area contributed by atoms with Crippen molar-refractivity contribution in [2.75, 3.05) is 34.4 Å². The third kappa shape index (κ3) is 4.50. The summed E-state index contributed by atoms with van der Waals surface area (Å²) in [6.07, 6.45) is -3.88. The predicted molar refractivity (Wildman–Crippen MR) is 111 cm³/mol. The third-order valence-corrected chi connectivity index (χ3v) is 5.58. The number of ether oxygens (including phenoxy) is 3. The van der Waals surface area contributed by atoms with Crippen molar-refractivity contribution in [2.24, 2.45) is 0 Å². The van der Waals surface area contributed by atoms with E-state index in [0.29, 0.717) is 54.4 Å². The maximum Gasteiger partial charge on any atom is 0.470 e. The Bertz CT molecular complexity index is 1140. The third-order valence-electron chi connectivity index (χ3n) is 5.58. The largest absolute Gasteiger partial charge is 0.493 e. The van der Waals surface area contributed by atoms with Crippen LogP contribution in [0.3, 0.4) is 0 Å². The van der Waals surface area contributed by atoms with Crippen molar-refractivity contribution in [2.45, 2.75) is 24.9 Å². The van der Waals surface area contributed by atoms with E-state index in [1.54, 1.807) is 23.1 Å². The number of methoxy groups -OCH3 is 3. The molecular weight excluding hydrogens is 459 g/mol. The Hall–Kier alpha value is -3.77. The normalized spacial score (nSPS) is 14.8. The molecule has 182 valence electrons. The van der Waals surface area contributed by atoms with E-state index in [-0.39, 0.29) is 23.4 Å². The average molecular weight is 481 g/mol. The number of alkyl halides is 3. The van der Waals surface area contributed by atoms with E-state index in [0.717, 1.165) is 0 Å². The monoisotopic (exact) mass is 481 g/mol. The molecule has 0 radical (unpaired) electrons. The fraction of sp³-hybridized carbons (Fsp3) is 0.429. The Balaban J connectivity index is 1.45. The second-order valence-electron chi connectivity index (χ2n) is 7.59. The Morgan fingerprint density at radius 1 is 1.06 bits per heavy atom. The summed E-state index contributed by atoms with van der Waals surface area (Å²) in [5, 5.41) is 13.6. The summed E-state index contributed by atoms with van der Waals surface area (Å²) in [5.74, 6) is -0.708. The quantitative estimate of drug-likeness (QED) is 0.569. The van der Waals surface area contributed by atoms with Crippen LogP contribution in [0.2, 0.25) is 0 Å². The Labute approximate surface area is 192 Å². The molecule has 4 rings (SSSR count). The van der Waals surface area contributed by atoms with E-state index >= 15 is 0 Å². The average Bonchev–Trinajstić information content (AvgIpc) is 3.53. The Morgan fingerprint density at radius 3 is 2.24 bits per heavy atom. The van der Waals surface area contributed by atoms with Crippen LogP contribution in [0.25, 0.3) is 11.3 Å². The van der Waals surface area contributed by atoms with Crippen LogP contribution in [-0.4, -0.2) is 65.6 Å². The molecule has 1 N–H and O–H groups in total. The number of halogens is 3. The van der Waals surface area contributed by atoms with Crippen LogP contribution >= 0.6 is 0 Å². The van der Waals surface area contributed by atoms with Gasteiger partial charge in [-0.2, -0.15) is 18.3 Å². The number of carbonyl (C=O) groups is 1. The number of nitrogens with zero attached hydrogens (tertiary/aromatic N) is 4. The van der Waals surface area contributed by atoms with E-state index in [4.69, 9.17) is 18.6 Å². The highest BCUT2D eigenvalue weighted by Gasteiger charge is 2.39. The molecule has 0 atom stereocenters. The van der Waals surface area contributed by atoms with E-state index in [9.17, 15) is 18.0 Å². The number of aromatic amines is 1. The van der Waals surface area contributed by atoms with Crippen LogP contribution in [0, 0.1) is 0 Å². The molecule has 10 nitrogen and oxygen atoms in total. The van der Waals surface area contributed by atoms with Crippen LogP contribution in [0.4, 0.5) is 13.2 Å². The number of likely N-dealkylation sites (tertiary alicyclic amines) is 1. The van der Waals surface area contributed by atoms with Gasteiger partial charge in [0.25, 0.3) is 5.91 Å². The SMILES string of the molecule is COc1cc(-c2cc(C(=O)N3CCC(c4nnc(C(F)(F)F)o4)CC3)[nH]n2)cc(OC)c1OC. The summed E-state index contributed by atoms with van der Waals surface area (Å²) in [6, 6.07) is 5.05. The number of piperidine rings is 1. The first-order valence-corrected chi connectivity index (χ1v) is 10.3. The molecule has 3 aromatic rings. The number of aromatic nitrogens is 4. The predicted octanol–water partition coefficient (Wildman–Crippen LogP) is 3.52. The molecule has 0 aliphatic carbocycles. The van der Waals surface area contributed by atoms with Crippen LogP contribution < -0.4 is 14.2 Å². The molecule has 1 aliphatic rings. The molecule has 1 amide bonds. The highest BCUT2D eigenvalue weighted by molar-refractivity contribution is 5.93. The Morgan fingerprint density at radius 2 is 1.71 bits per heavy atom. The molecule has 0 spiro atoms. The summed E-state index contributed by atoms with van der Waals surface area (Å²) in [4.78, 5) is 14.6. The number of nitrogens with one attached hydrogen (secondary N) is 1. The van der Waals surface area contributed by atoms with Crippen LogP contribution in [0.15, 0.2) is 22.6 Å². The maximum absolute atomic E-state index is 13.0. The van der Waals surface area contributed by atoms with Crippen molar-refractivity contribution < 1.29 is 36.6 Å². The van der Waals surface area contributed by atoms with Crippen molar-refractivity contribution >= 4 is 5.91 Å². The summed E-state index contributed by atoms with van der Waals surface area (Å²) in [7, 11) is 4.51. The van der Waals surface area contributed by atoms with Crippen LogP contribution in [0.5, 0.6) is 17.2 Å². The molecule has 2 aromatic heterocycles. The number of hydrogen-bond donors (Lipinski definition) is 1. The second-order valence-corrected chi connectivity index (χ2v) is 7.59. The molecule has 1 saturated heterocycles. The van der Waals surface area contributed by atoms with Gasteiger partial charge in [-0.25, -0.2) is 0 Å². The van der Waals surface area contributed by atoms with Gasteiger partial charge in [-0.1, -0.05) is 0 Å². The van der Waals surface area contributed by atoms with Crippen molar-refractivity contribution in [3.8, 4) is 28.5 Å². The van der Waals surface area contributed by atoms with Gasteiger partial charge in [0.15, 0.2) is 11.5 Å². The number of H-pyrrole nitrogens is 1. The number of amides is 1. The minimum atomic E-state index is -4.68. The smallest absolute Gasteiger partial charge is 0.470 e. The zero-order valence-corrected chi connectivity index (χ0v) is 18.6. The topological polar surface area (TPSA) is 116 Å². The zero-order chi connectivity index (χ0) is 24.5. The van der Waals surface area contributed by atoms with Crippen molar-refractivity contribution in [1.29, 1.82) is 0 Å². The van der Waals surface area contributed by atoms with Crippen LogP contribution in [0.1, 0.15) is 41.0 Å². The summed E-state index contributed by atoms with van der Waals surface area (Å²) in [5.41, 5.74) is 1.43. The maximum atomic E-state index is 13.0. The molecular formula is C21H22F3N5O5. The fourth-order valence-electron chi connectivity index (χ4n) is 3.82. The van der Waals surface area contributed by atoms with E-state index in [1.807, 2.05) is 0 Å². The first-order chi connectivity index (χ1) is 16.2. The van der Waals surface area contributed by atoms with Crippen molar-refractivity contribution in [3.63, 3.8) is 0 Å². The molecule has 1 aromatic carbocycles. The molecule has 0 saturated carbocycles. The summed E-state index contributed by atoms with van der Waals surface area (Å²) >= 11 is 0. The first kappa shape index (κ1) is 23.4. The minimum Gasteiger partial charge on any atom is -0.493 e. The van der Waals surface area contributed by atoms with Gasteiger partial charge in [0.2, 0.25) is 11.6 Å². The van der Waals surface area contributed by atoms with E-state index in [1.165, 1.54) is 21.3 Å². The highest BCUT2D eigenvalue weighted by atomic mass is 19.4. The summed E-state index contributed by atoms with van der Waals surface area (Å²) in [6.45, 7) is 0.650. The lowest BCUT2D eigenvalue weighted by Gasteiger charge is -2.30.